The van der Waals surface area contributed by atoms with Crippen molar-refractivity contribution in [3.63, 3.8) is 0 Å². The zero-order valence-electron chi connectivity index (χ0n) is 35.4. The van der Waals surface area contributed by atoms with Crippen molar-refractivity contribution in [2.24, 2.45) is 29.6 Å². The third-order valence-corrected chi connectivity index (χ3v) is 12.9. The van der Waals surface area contributed by atoms with Crippen LogP contribution in [0.2, 0.25) is 0 Å². The first-order valence-electron chi connectivity index (χ1n) is 20.9. The number of Topliss-reactive ketones (excluding diaryl/α,β-unsaturated/α-hetero) is 2. The maximum Gasteiger partial charge on any atom is 0.329 e. The van der Waals surface area contributed by atoms with Crippen LogP contribution in [-0.2, 0) is 42.9 Å². The number of fused-ring (bicyclic) bond motifs is 3. The topological polar surface area (TPSA) is 178 Å². The number of aliphatic hydroxyl groups is 3. The van der Waals surface area contributed by atoms with Gasteiger partial charge in [-0.2, -0.15) is 0 Å². The number of piperidine rings is 1. The predicted molar refractivity (Wildman–Crippen MR) is 213 cm³/mol. The second-order valence-electron chi connectivity index (χ2n) is 17.3. The van der Waals surface area contributed by atoms with E-state index in [2.05, 4.69) is 6.58 Å². The number of aliphatic hydroxyl groups excluding tert-OH is 2. The van der Waals surface area contributed by atoms with E-state index in [0.29, 0.717) is 56.9 Å². The van der Waals surface area contributed by atoms with E-state index in [1.54, 1.807) is 27.0 Å². The molecule has 0 aromatic heterocycles. The molecule has 1 saturated carbocycles. The molecule has 3 fully saturated rings. The molecule has 13 nitrogen and oxygen atoms in total. The molecule has 3 N–H and O–H groups in total. The molecular weight excluding hydrogens is 734 g/mol. The maximum atomic E-state index is 14.3. The molecular formula is C44H69NO12. The van der Waals surface area contributed by atoms with Crippen molar-refractivity contribution in [1.29, 1.82) is 0 Å². The summed E-state index contributed by atoms with van der Waals surface area (Å²) in [4.78, 5) is 57.8. The number of carbonyl (C=O) groups excluding carboxylic acids is 4. The Morgan fingerprint density at radius 1 is 0.930 bits per heavy atom. The van der Waals surface area contributed by atoms with Crippen LogP contribution in [0.1, 0.15) is 105 Å². The monoisotopic (exact) mass is 803 g/mol. The molecule has 2 bridgehead atoms. The van der Waals surface area contributed by atoms with E-state index in [0.717, 1.165) is 5.57 Å². The molecule has 0 aromatic rings. The van der Waals surface area contributed by atoms with Gasteiger partial charge >= 0.3 is 5.97 Å². The highest BCUT2D eigenvalue weighted by Crippen LogP contribution is 2.39. The van der Waals surface area contributed by atoms with E-state index < -0.39 is 83.9 Å². The Morgan fingerprint density at radius 3 is 2.25 bits per heavy atom. The molecule has 3 aliphatic heterocycles. The minimum absolute atomic E-state index is 0.00988. The third-order valence-electron chi connectivity index (χ3n) is 12.9. The zero-order chi connectivity index (χ0) is 42.2. The molecule has 0 unspecified atom stereocenters. The van der Waals surface area contributed by atoms with E-state index in [4.69, 9.17) is 23.7 Å². The summed E-state index contributed by atoms with van der Waals surface area (Å²) in [5.74, 6) is -7.76. The highest BCUT2D eigenvalue weighted by molar-refractivity contribution is 6.39. The Morgan fingerprint density at radius 2 is 1.60 bits per heavy atom. The van der Waals surface area contributed by atoms with Crippen LogP contribution in [0.25, 0.3) is 0 Å². The number of nitrogens with zero attached hydrogens (tertiary/aromatic N) is 1. The van der Waals surface area contributed by atoms with Gasteiger partial charge in [0.2, 0.25) is 5.79 Å². The van der Waals surface area contributed by atoms with Gasteiger partial charge in [-0.1, -0.05) is 44.6 Å². The van der Waals surface area contributed by atoms with Gasteiger partial charge in [0, 0.05) is 52.0 Å². The minimum atomic E-state index is -2.51. The second kappa shape index (κ2) is 21.0. The van der Waals surface area contributed by atoms with Crippen molar-refractivity contribution in [2.75, 3.05) is 27.9 Å². The first-order chi connectivity index (χ1) is 27.0. The SMILES string of the molecule is C=CC[C@@H]1/C=C(\C)C[C@H](C)C[C@H](OC)[C@H]2O[C@@](O)(C(=O)C(=O)N3CCCC[C@@H]3C(=O)O[C@H](/C(C)=C/[C@@H]3CC[C@H](O)[C@H](OC)C3)[C@H](C)[C@H](O)CC1=O)[C@@H](C)C[C@@H]2OC. The Bertz CT molecular complexity index is 1480. The van der Waals surface area contributed by atoms with Gasteiger partial charge in [0.1, 0.15) is 24.0 Å². The summed E-state index contributed by atoms with van der Waals surface area (Å²) in [6, 6.07) is -1.14. The van der Waals surface area contributed by atoms with Crippen LogP contribution < -0.4 is 0 Å². The number of ether oxygens (including phenoxy) is 5. The van der Waals surface area contributed by atoms with E-state index in [-0.39, 0.29) is 49.5 Å². The number of hydrogen-bond acceptors (Lipinski definition) is 12. The summed E-state index contributed by atoms with van der Waals surface area (Å²) in [6.45, 7) is 13.1. The molecule has 0 spiro atoms. The number of allylic oxidation sites excluding steroid dienone is 4. The number of carbonyl (C=O) groups is 4. The highest BCUT2D eigenvalue weighted by Gasteiger charge is 2.56. The third kappa shape index (κ3) is 11.3. The zero-order valence-corrected chi connectivity index (χ0v) is 35.4. The van der Waals surface area contributed by atoms with E-state index in [1.807, 2.05) is 32.9 Å². The lowest BCUT2D eigenvalue weighted by Gasteiger charge is -2.47. The van der Waals surface area contributed by atoms with E-state index in [9.17, 15) is 34.5 Å². The minimum Gasteiger partial charge on any atom is -0.456 e. The van der Waals surface area contributed by atoms with Gasteiger partial charge in [0.15, 0.2) is 0 Å². The van der Waals surface area contributed by atoms with Crippen LogP contribution in [-0.4, -0.2) is 126 Å². The standard InChI is InChI=1S/C44H69NO12/c1-10-13-31-19-25(2)18-26(3)20-37(54-8)40-38(55-9)22-28(5)44(52,57-40)41(49)42(50)45-17-12-11-14-32(45)43(51)56-39(29(6)34(47)24-35(31)48)27(4)21-30-15-16-33(46)36(23-30)53-7/h10,19,21,26,28-34,36-40,46-47,52H,1,11-18,20,22-24H2,2-9H3/b25-19+,27-21+/t26-,28-,29+,30-,31+,32+,33-,34+,36+,37-,38-,39+,40+,44+/m0/s1. The lowest BCUT2D eigenvalue weighted by atomic mass is 9.81. The first kappa shape index (κ1) is 46.9. The van der Waals surface area contributed by atoms with E-state index in [1.165, 1.54) is 19.1 Å². The van der Waals surface area contributed by atoms with Gasteiger partial charge < -0.3 is 43.9 Å². The summed E-state index contributed by atoms with van der Waals surface area (Å²) in [5.41, 5.74) is 1.61. The van der Waals surface area contributed by atoms with Crippen molar-refractivity contribution in [2.45, 2.75) is 160 Å². The molecule has 1 aliphatic carbocycles. The molecule has 14 atom stereocenters. The van der Waals surface area contributed by atoms with Crippen molar-refractivity contribution < 1.29 is 58.2 Å². The molecule has 322 valence electrons. The lowest BCUT2D eigenvalue weighted by molar-refractivity contribution is -0.302. The molecule has 2 saturated heterocycles. The van der Waals surface area contributed by atoms with Crippen LogP contribution >= 0.6 is 0 Å². The molecule has 4 rings (SSSR count). The normalized spacial score (nSPS) is 41.0. The van der Waals surface area contributed by atoms with Crippen molar-refractivity contribution in [3.05, 3.63) is 36.0 Å². The number of hydrogen-bond donors (Lipinski definition) is 3. The lowest BCUT2D eigenvalue weighted by Crippen LogP contribution is -2.64. The van der Waals surface area contributed by atoms with Crippen LogP contribution in [0, 0.1) is 29.6 Å². The molecule has 0 radical (unpaired) electrons. The van der Waals surface area contributed by atoms with Gasteiger partial charge in [0.25, 0.3) is 11.7 Å². The first-order valence-corrected chi connectivity index (χ1v) is 20.9. The van der Waals surface area contributed by atoms with E-state index >= 15 is 0 Å². The number of methoxy groups -OCH3 is 3. The van der Waals surface area contributed by atoms with Crippen LogP contribution in [0.3, 0.4) is 0 Å². The van der Waals surface area contributed by atoms with Crippen molar-refractivity contribution in [3.8, 4) is 0 Å². The summed E-state index contributed by atoms with van der Waals surface area (Å²) >= 11 is 0. The highest BCUT2D eigenvalue weighted by atomic mass is 16.7. The summed E-state index contributed by atoms with van der Waals surface area (Å²) < 4.78 is 29.7. The van der Waals surface area contributed by atoms with Crippen molar-refractivity contribution in [1.82, 2.24) is 4.90 Å². The van der Waals surface area contributed by atoms with Gasteiger partial charge in [-0.3, -0.25) is 14.4 Å². The number of rotatable bonds is 7. The second-order valence-corrected chi connectivity index (χ2v) is 17.3. The molecule has 4 aliphatic rings. The Balaban J connectivity index is 1.78. The average Bonchev–Trinajstić information content (AvgIpc) is 3.18. The average molecular weight is 804 g/mol. The Labute approximate surface area is 339 Å². The fraction of sp³-hybridized carbons (Fsp3) is 0.773. The fourth-order valence-electron chi connectivity index (χ4n) is 9.42. The number of ketones is 2. The quantitative estimate of drug-likeness (QED) is 0.185. The summed E-state index contributed by atoms with van der Waals surface area (Å²) in [6.07, 6.45) is 4.93. The summed E-state index contributed by atoms with van der Waals surface area (Å²) in [5, 5.41) is 34.1. The predicted octanol–water partition coefficient (Wildman–Crippen LogP) is 4.64. The van der Waals surface area contributed by atoms with Gasteiger partial charge in [-0.25, -0.2) is 4.79 Å². The maximum absolute atomic E-state index is 14.3. The van der Waals surface area contributed by atoms with Crippen LogP contribution in [0.4, 0.5) is 0 Å². The van der Waals surface area contributed by atoms with Gasteiger partial charge in [0.05, 0.1) is 30.5 Å². The van der Waals surface area contributed by atoms with Crippen LogP contribution in [0.15, 0.2) is 36.0 Å². The van der Waals surface area contributed by atoms with Gasteiger partial charge in [-0.05, 0) is 95.5 Å². The Kier molecular flexibility index (Phi) is 17.2. The number of esters is 1. The molecule has 0 aromatic carbocycles. The molecule has 1 amide bonds. The van der Waals surface area contributed by atoms with Crippen LogP contribution in [0.5, 0.6) is 0 Å². The number of cyclic esters (lactones) is 1. The van der Waals surface area contributed by atoms with Gasteiger partial charge in [-0.15, -0.1) is 6.58 Å². The summed E-state index contributed by atoms with van der Waals surface area (Å²) in [7, 11) is 4.61. The largest absolute Gasteiger partial charge is 0.456 e. The van der Waals surface area contributed by atoms with Crippen molar-refractivity contribution >= 4 is 23.4 Å². The molecule has 3 heterocycles. The Hall–Kier alpha value is -2.78. The molecule has 13 heteroatoms. The molecule has 57 heavy (non-hydrogen) atoms. The smallest absolute Gasteiger partial charge is 0.329 e. The fourth-order valence-corrected chi connectivity index (χ4v) is 9.42. The number of amides is 1.